The third kappa shape index (κ3) is 1.72. The summed E-state index contributed by atoms with van der Waals surface area (Å²) in [6.45, 7) is 5.58. The minimum absolute atomic E-state index is 0.424. The lowest BCUT2D eigenvalue weighted by Gasteiger charge is -2.61. The van der Waals surface area contributed by atoms with Gasteiger partial charge in [0.2, 0.25) is 0 Å². The van der Waals surface area contributed by atoms with Crippen LogP contribution in [0.1, 0.15) is 48.8 Å². The summed E-state index contributed by atoms with van der Waals surface area (Å²) >= 11 is 0. The highest BCUT2D eigenvalue weighted by Crippen LogP contribution is 2.64. The third-order valence-corrected chi connectivity index (χ3v) is 5.48. The fourth-order valence-electron chi connectivity index (χ4n) is 4.26. The minimum Gasteiger partial charge on any atom is -0.319 e. The number of hydrogen-bond donors (Lipinski definition) is 1. The first kappa shape index (κ1) is 12.2. The van der Waals surface area contributed by atoms with Crippen LogP contribution < -0.4 is 5.32 Å². The second kappa shape index (κ2) is 4.09. The van der Waals surface area contributed by atoms with Gasteiger partial charge in [0.15, 0.2) is 0 Å². The Morgan fingerprint density at radius 2 is 1.83 bits per heavy atom. The van der Waals surface area contributed by atoms with Gasteiger partial charge in [-0.25, -0.2) is 0 Å². The van der Waals surface area contributed by atoms with Crippen molar-refractivity contribution in [3.63, 3.8) is 0 Å². The Morgan fingerprint density at radius 1 is 1.11 bits per heavy atom. The highest BCUT2D eigenvalue weighted by molar-refractivity contribution is 5.38. The molecule has 2 saturated carbocycles. The van der Waals surface area contributed by atoms with Crippen molar-refractivity contribution in [2.45, 2.75) is 51.4 Å². The molecule has 0 atom stereocenters. The SMILES string of the molecule is CNCC1(c2ccc(C)c(C)c2)CC2(CCC2)C1. The Hall–Kier alpha value is -0.820. The summed E-state index contributed by atoms with van der Waals surface area (Å²) in [6, 6.07) is 7.09. The fraction of sp³-hybridized carbons (Fsp3) is 0.647. The number of rotatable bonds is 3. The monoisotopic (exact) mass is 243 g/mol. The summed E-state index contributed by atoms with van der Waals surface area (Å²) in [6.07, 6.45) is 7.22. The van der Waals surface area contributed by atoms with Gasteiger partial charge in [0.25, 0.3) is 0 Å². The molecule has 2 aliphatic rings. The first-order chi connectivity index (χ1) is 8.59. The van der Waals surface area contributed by atoms with Gasteiger partial charge in [-0.2, -0.15) is 0 Å². The molecule has 2 aliphatic carbocycles. The Balaban J connectivity index is 1.88. The molecule has 0 radical (unpaired) electrons. The Kier molecular flexibility index (Phi) is 2.78. The molecule has 3 rings (SSSR count). The molecule has 0 aliphatic heterocycles. The van der Waals surface area contributed by atoms with Crippen LogP contribution in [0.4, 0.5) is 0 Å². The van der Waals surface area contributed by atoms with Crippen LogP contribution in [0.3, 0.4) is 0 Å². The molecule has 1 nitrogen and oxygen atoms in total. The van der Waals surface area contributed by atoms with Crippen LogP contribution in [0.5, 0.6) is 0 Å². The van der Waals surface area contributed by atoms with Gasteiger partial charge in [0, 0.05) is 12.0 Å². The molecule has 0 amide bonds. The number of aryl methyl sites for hydroxylation is 2. The quantitative estimate of drug-likeness (QED) is 0.853. The van der Waals surface area contributed by atoms with E-state index in [1.165, 1.54) is 43.2 Å². The normalized spacial score (nSPS) is 23.5. The van der Waals surface area contributed by atoms with Gasteiger partial charge < -0.3 is 5.32 Å². The van der Waals surface area contributed by atoms with Crippen LogP contribution in [-0.2, 0) is 5.41 Å². The van der Waals surface area contributed by atoms with Crippen molar-refractivity contribution in [3.8, 4) is 0 Å². The standard InChI is InChI=1S/C17H25N/c1-13-5-6-15(9-14(13)2)17(12-18-3)10-16(11-17)7-4-8-16/h5-6,9,18H,4,7-8,10-12H2,1-3H3. The van der Waals surface area contributed by atoms with Crippen LogP contribution in [0.2, 0.25) is 0 Å². The molecule has 1 heteroatoms. The van der Waals surface area contributed by atoms with E-state index in [1.54, 1.807) is 5.56 Å². The number of nitrogens with one attached hydrogen (secondary N) is 1. The molecule has 1 N–H and O–H groups in total. The van der Waals surface area contributed by atoms with Crippen LogP contribution in [-0.4, -0.2) is 13.6 Å². The molecule has 0 saturated heterocycles. The molecule has 2 fully saturated rings. The number of hydrogen-bond acceptors (Lipinski definition) is 1. The van der Waals surface area contributed by atoms with Gasteiger partial charge in [-0.3, -0.25) is 0 Å². The molecule has 0 heterocycles. The molecule has 0 bridgehead atoms. The van der Waals surface area contributed by atoms with Crippen molar-refractivity contribution in [3.05, 3.63) is 34.9 Å². The van der Waals surface area contributed by atoms with Crippen molar-refractivity contribution >= 4 is 0 Å². The van der Waals surface area contributed by atoms with Crippen molar-refractivity contribution in [1.82, 2.24) is 5.32 Å². The summed E-state index contributed by atoms with van der Waals surface area (Å²) in [7, 11) is 2.09. The summed E-state index contributed by atoms with van der Waals surface area (Å²) in [5.41, 5.74) is 5.58. The topological polar surface area (TPSA) is 12.0 Å². The van der Waals surface area contributed by atoms with Crippen molar-refractivity contribution in [2.24, 2.45) is 5.41 Å². The van der Waals surface area contributed by atoms with Crippen LogP contribution in [0.15, 0.2) is 18.2 Å². The van der Waals surface area contributed by atoms with Gasteiger partial charge >= 0.3 is 0 Å². The van der Waals surface area contributed by atoms with E-state index in [9.17, 15) is 0 Å². The van der Waals surface area contributed by atoms with E-state index >= 15 is 0 Å². The third-order valence-electron chi connectivity index (χ3n) is 5.48. The molecule has 0 unspecified atom stereocenters. The molecular weight excluding hydrogens is 218 g/mol. The van der Waals surface area contributed by atoms with Crippen LogP contribution in [0.25, 0.3) is 0 Å². The average molecular weight is 243 g/mol. The lowest BCUT2D eigenvalue weighted by molar-refractivity contribution is -0.0475. The average Bonchev–Trinajstić information content (AvgIpc) is 2.24. The fourth-order valence-corrected chi connectivity index (χ4v) is 4.26. The second-order valence-corrected chi connectivity index (χ2v) is 6.82. The van der Waals surface area contributed by atoms with Crippen molar-refractivity contribution in [1.29, 1.82) is 0 Å². The van der Waals surface area contributed by atoms with E-state index in [4.69, 9.17) is 0 Å². The van der Waals surface area contributed by atoms with E-state index in [0.29, 0.717) is 5.41 Å². The molecular formula is C17H25N. The van der Waals surface area contributed by atoms with E-state index < -0.39 is 0 Å². The zero-order valence-corrected chi connectivity index (χ0v) is 12.0. The maximum absolute atomic E-state index is 3.43. The smallest absolute Gasteiger partial charge is 0.00883 e. The van der Waals surface area contributed by atoms with E-state index in [-0.39, 0.29) is 0 Å². The Labute approximate surface area is 111 Å². The lowest BCUT2D eigenvalue weighted by atomic mass is 9.43. The molecule has 0 aromatic heterocycles. The van der Waals surface area contributed by atoms with E-state index in [2.05, 4.69) is 44.4 Å². The maximum Gasteiger partial charge on any atom is 0.00883 e. The van der Waals surface area contributed by atoms with Crippen LogP contribution in [0, 0.1) is 19.3 Å². The lowest BCUT2D eigenvalue weighted by Crippen LogP contribution is -2.57. The molecule has 1 spiro atoms. The Bertz CT molecular complexity index is 449. The van der Waals surface area contributed by atoms with Crippen molar-refractivity contribution in [2.75, 3.05) is 13.6 Å². The maximum atomic E-state index is 3.43. The number of likely N-dealkylation sites (N-methyl/N-ethyl adjacent to an activating group) is 1. The second-order valence-electron chi connectivity index (χ2n) is 6.82. The first-order valence-electron chi connectivity index (χ1n) is 7.32. The minimum atomic E-state index is 0.424. The van der Waals surface area contributed by atoms with Gasteiger partial charge in [-0.1, -0.05) is 24.6 Å². The highest BCUT2D eigenvalue weighted by atomic mass is 14.9. The Morgan fingerprint density at radius 3 is 2.33 bits per heavy atom. The first-order valence-corrected chi connectivity index (χ1v) is 7.32. The number of benzene rings is 1. The molecule has 98 valence electrons. The largest absolute Gasteiger partial charge is 0.319 e. The highest BCUT2D eigenvalue weighted by Gasteiger charge is 2.57. The van der Waals surface area contributed by atoms with Crippen molar-refractivity contribution < 1.29 is 0 Å². The van der Waals surface area contributed by atoms with Gasteiger partial charge in [-0.15, -0.1) is 0 Å². The molecule has 1 aromatic rings. The van der Waals surface area contributed by atoms with Crippen LogP contribution >= 0.6 is 0 Å². The predicted octanol–water partition coefficient (Wildman–Crippen LogP) is 3.72. The van der Waals surface area contributed by atoms with E-state index in [0.717, 1.165) is 12.0 Å². The zero-order valence-electron chi connectivity index (χ0n) is 12.0. The van der Waals surface area contributed by atoms with Gasteiger partial charge in [-0.05, 0) is 68.7 Å². The summed E-state index contributed by atoms with van der Waals surface area (Å²) in [5.74, 6) is 0. The van der Waals surface area contributed by atoms with Gasteiger partial charge in [0.05, 0.1) is 0 Å². The summed E-state index contributed by atoms with van der Waals surface area (Å²) in [5, 5.41) is 3.43. The molecule has 18 heavy (non-hydrogen) atoms. The summed E-state index contributed by atoms with van der Waals surface area (Å²) in [4.78, 5) is 0. The summed E-state index contributed by atoms with van der Waals surface area (Å²) < 4.78 is 0. The van der Waals surface area contributed by atoms with Gasteiger partial charge in [0.1, 0.15) is 0 Å². The predicted molar refractivity (Wildman–Crippen MR) is 77.0 cm³/mol. The van der Waals surface area contributed by atoms with E-state index in [1.807, 2.05) is 0 Å². The molecule has 1 aromatic carbocycles. The zero-order chi connectivity index (χ0) is 12.8.